The average Bonchev–Trinajstić information content (AvgIpc) is 2.84. The number of halogens is 1. The molecule has 1 fully saturated rings. The zero-order chi connectivity index (χ0) is 23.9. The van der Waals surface area contributed by atoms with Crippen molar-refractivity contribution in [3.05, 3.63) is 78.1 Å². The van der Waals surface area contributed by atoms with Crippen molar-refractivity contribution >= 4 is 17.3 Å². The molecule has 176 valence electrons. The Morgan fingerprint density at radius 2 is 1.76 bits per heavy atom. The number of pyridine rings is 2. The second-order valence-electron chi connectivity index (χ2n) is 9.12. The minimum absolute atomic E-state index is 0.168. The predicted octanol–water partition coefficient (Wildman–Crippen LogP) is 5.22. The Morgan fingerprint density at radius 1 is 1.00 bits per heavy atom. The molecule has 1 aromatic carbocycles. The lowest BCUT2D eigenvalue weighted by atomic mass is 9.92. The van der Waals surface area contributed by atoms with Crippen LogP contribution < -0.4 is 4.90 Å². The minimum Gasteiger partial charge on any atom is -0.370 e. The molecule has 2 aromatic heterocycles. The fourth-order valence-electron chi connectivity index (χ4n) is 4.53. The van der Waals surface area contributed by atoms with Crippen molar-refractivity contribution in [2.75, 3.05) is 18.0 Å². The van der Waals surface area contributed by atoms with Gasteiger partial charge in [-0.2, -0.15) is 4.39 Å². The number of nitrogens with zero attached hydrogens (tertiary/aromatic N) is 3. The van der Waals surface area contributed by atoms with Crippen LogP contribution in [0.2, 0.25) is 0 Å². The van der Waals surface area contributed by atoms with Crippen LogP contribution in [0.3, 0.4) is 0 Å². The van der Waals surface area contributed by atoms with E-state index < -0.39 is 5.95 Å². The van der Waals surface area contributed by atoms with Gasteiger partial charge in [0.05, 0.1) is 11.9 Å². The van der Waals surface area contributed by atoms with Crippen molar-refractivity contribution in [2.45, 2.75) is 45.4 Å². The Hall–Kier alpha value is -3.41. The van der Waals surface area contributed by atoms with Gasteiger partial charge in [0.25, 0.3) is 0 Å². The van der Waals surface area contributed by atoms with Gasteiger partial charge in [0.2, 0.25) is 5.95 Å². The topological polar surface area (TPSA) is 63.2 Å². The number of anilines is 1. The van der Waals surface area contributed by atoms with E-state index >= 15 is 0 Å². The molecule has 0 amide bonds. The first-order chi connectivity index (χ1) is 16.5. The molecule has 0 bridgehead atoms. The van der Waals surface area contributed by atoms with Crippen molar-refractivity contribution in [3.63, 3.8) is 0 Å². The Kier molecular flexibility index (Phi) is 7.78. The fourth-order valence-corrected chi connectivity index (χ4v) is 4.53. The molecule has 0 N–H and O–H groups in total. The summed E-state index contributed by atoms with van der Waals surface area (Å²) in [6.07, 6.45) is 7.54. The third-order valence-electron chi connectivity index (χ3n) is 6.44. The molecule has 3 heterocycles. The van der Waals surface area contributed by atoms with Crippen molar-refractivity contribution < 1.29 is 14.0 Å². The van der Waals surface area contributed by atoms with Crippen LogP contribution in [0.1, 0.15) is 43.9 Å². The van der Waals surface area contributed by atoms with E-state index in [-0.39, 0.29) is 11.6 Å². The third-order valence-corrected chi connectivity index (χ3v) is 6.44. The van der Waals surface area contributed by atoms with Crippen LogP contribution in [0, 0.1) is 11.9 Å². The first-order valence-electron chi connectivity index (χ1n) is 11.9. The molecule has 1 aliphatic rings. The van der Waals surface area contributed by atoms with E-state index in [1.54, 1.807) is 13.0 Å². The molecule has 1 saturated heterocycles. The molecule has 0 saturated carbocycles. The van der Waals surface area contributed by atoms with Crippen LogP contribution in [-0.4, -0.2) is 34.6 Å². The van der Waals surface area contributed by atoms with Crippen LogP contribution in [-0.2, 0) is 22.4 Å². The van der Waals surface area contributed by atoms with Gasteiger partial charge in [0, 0.05) is 50.3 Å². The van der Waals surface area contributed by atoms with Gasteiger partial charge in [-0.3, -0.25) is 9.78 Å². The van der Waals surface area contributed by atoms with E-state index in [1.165, 1.54) is 12.3 Å². The van der Waals surface area contributed by atoms with Gasteiger partial charge in [-0.1, -0.05) is 24.3 Å². The van der Waals surface area contributed by atoms with Gasteiger partial charge < -0.3 is 9.69 Å². The number of rotatable bonds is 9. The number of carbonyl (C=O) groups is 2. The summed E-state index contributed by atoms with van der Waals surface area (Å²) < 4.78 is 13.3. The molecule has 0 spiro atoms. The molecule has 0 atom stereocenters. The smallest absolute Gasteiger partial charge is 0.213 e. The lowest BCUT2D eigenvalue weighted by Crippen LogP contribution is -2.34. The SMILES string of the molecule is CC(=O)CC1CCN(c2ccc(CCC(=O)Cc3ccc(-c4ccnc(F)c4)cc3)nc2)CC1. The summed E-state index contributed by atoms with van der Waals surface area (Å²) in [6.45, 7) is 3.57. The molecule has 0 radical (unpaired) electrons. The highest BCUT2D eigenvalue weighted by atomic mass is 19.1. The van der Waals surface area contributed by atoms with E-state index in [9.17, 15) is 14.0 Å². The van der Waals surface area contributed by atoms with Crippen LogP contribution in [0.15, 0.2) is 60.9 Å². The Morgan fingerprint density at radius 3 is 2.41 bits per heavy atom. The maximum absolute atomic E-state index is 13.3. The van der Waals surface area contributed by atoms with Crippen molar-refractivity contribution in [3.8, 4) is 11.1 Å². The summed E-state index contributed by atoms with van der Waals surface area (Å²) in [5, 5.41) is 0. The van der Waals surface area contributed by atoms with E-state index in [0.717, 1.165) is 54.0 Å². The summed E-state index contributed by atoms with van der Waals surface area (Å²) >= 11 is 0. The largest absolute Gasteiger partial charge is 0.370 e. The number of carbonyl (C=O) groups excluding carboxylic acids is 2. The Balaban J connectivity index is 1.24. The summed E-state index contributed by atoms with van der Waals surface area (Å²) in [5.41, 5.74) is 4.62. The number of ketones is 2. The maximum Gasteiger partial charge on any atom is 0.213 e. The first-order valence-corrected chi connectivity index (χ1v) is 11.9. The maximum atomic E-state index is 13.3. The Labute approximate surface area is 200 Å². The molecule has 6 heteroatoms. The quantitative estimate of drug-likeness (QED) is 0.411. The van der Waals surface area contributed by atoms with Gasteiger partial charge in [0.1, 0.15) is 11.6 Å². The van der Waals surface area contributed by atoms with Gasteiger partial charge in [-0.15, -0.1) is 0 Å². The lowest BCUT2D eigenvalue weighted by molar-refractivity contribution is -0.119. The van der Waals surface area contributed by atoms with Gasteiger partial charge in [-0.25, -0.2) is 4.98 Å². The van der Waals surface area contributed by atoms with Gasteiger partial charge in [-0.05, 0) is 67.0 Å². The second-order valence-corrected chi connectivity index (χ2v) is 9.12. The second kappa shape index (κ2) is 11.1. The summed E-state index contributed by atoms with van der Waals surface area (Å²) in [6, 6.07) is 14.9. The molecule has 5 nitrogen and oxygen atoms in total. The highest BCUT2D eigenvalue weighted by Gasteiger charge is 2.20. The highest BCUT2D eigenvalue weighted by molar-refractivity contribution is 5.81. The number of aryl methyl sites for hydroxylation is 1. The third kappa shape index (κ3) is 6.56. The number of aromatic nitrogens is 2. The number of piperidine rings is 1. The number of hydrogen-bond acceptors (Lipinski definition) is 5. The molecular weight excluding hydrogens is 429 g/mol. The van der Waals surface area contributed by atoms with E-state index in [1.807, 2.05) is 36.5 Å². The number of hydrogen-bond donors (Lipinski definition) is 0. The van der Waals surface area contributed by atoms with E-state index in [0.29, 0.717) is 31.6 Å². The van der Waals surface area contributed by atoms with Crippen LogP contribution in [0.25, 0.3) is 11.1 Å². The zero-order valence-corrected chi connectivity index (χ0v) is 19.5. The average molecular weight is 460 g/mol. The normalized spacial score (nSPS) is 14.2. The van der Waals surface area contributed by atoms with Crippen LogP contribution in [0.5, 0.6) is 0 Å². The molecule has 0 unspecified atom stereocenters. The molecule has 4 rings (SSSR count). The lowest BCUT2D eigenvalue weighted by Gasteiger charge is -2.33. The zero-order valence-electron chi connectivity index (χ0n) is 19.5. The molecular formula is C28H30FN3O2. The highest BCUT2D eigenvalue weighted by Crippen LogP contribution is 2.25. The standard InChI is InChI=1S/C28H30FN3O2/c1-20(33)16-22-11-14-32(15-12-22)26-8-6-25(31-19-26)7-9-27(34)17-21-2-4-23(5-3-21)24-10-13-30-28(29)18-24/h2-6,8,10,13,18-19,22H,7,9,11-12,14-17H2,1H3. The predicted molar refractivity (Wildman–Crippen MR) is 131 cm³/mol. The van der Waals surface area contributed by atoms with Crippen molar-refractivity contribution in [1.82, 2.24) is 9.97 Å². The fraction of sp³-hybridized carbons (Fsp3) is 0.357. The van der Waals surface area contributed by atoms with Gasteiger partial charge in [0.15, 0.2) is 0 Å². The summed E-state index contributed by atoms with van der Waals surface area (Å²) in [4.78, 5) is 34.3. The van der Waals surface area contributed by atoms with Crippen LogP contribution in [0.4, 0.5) is 10.1 Å². The first kappa shape index (κ1) is 23.7. The monoisotopic (exact) mass is 459 g/mol. The molecule has 3 aromatic rings. The van der Waals surface area contributed by atoms with E-state index in [4.69, 9.17) is 0 Å². The van der Waals surface area contributed by atoms with Crippen molar-refractivity contribution in [2.24, 2.45) is 5.92 Å². The molecule has 0 aliphatic carbocycles. The van der Waals surface area contributed by atoms with E-state index in [2.05, 4.69) is 20.9 Å². The summed E-state index contributed by atoms with van der Waals surface area (Å²) in [5.74, 6) is 0.438. The molecule has 34 heavy (non-hydrogen) atoms. The minimum atomic E-state index is -0.507. The number of Topliss-reactive ketones (excluding diaryl/α,β-unsaturated/α-hetero) is 2. The number of benzene rings is 1. The Bertz CT molecular complexity index is 1120. The molecule has 1 aliphatic heterocycles. The van der Waals surface area contributed by atoms with Gasteiger partial charge >= 0.3 is 0 Å². The summed E-state index contributed by atoms with van der Waals surface area (Å²) in [7, 11) is 0. The van der Waals surface area contributed by atoms with Crippen molar-refractivity contribution in [1.29, 1.82) is 0 Å². The van der Waals surface area contributed by atoms with Crippen LogP contribution >= 0.6 is 0 Å².